The van der Waals surface area contributed by atoms with Gasteiger partial charge in [-0.15, -0.1) is 6.58 Å². The van der Waals surface area contributed by atoms with Crippen molar-refractivity contribution in [2.75, 3.05) is 0 Å². The molecule has 0 aliphatic heterocycles. The molecule has 0 bridgehead atoms. The van der Waals surface area contributed by atoms with Crippen LogP contribution in [0.3, 0.4) is 0 Å². The molecular weight excluding hydrogens is 278 g/mol. The first-order chi connectivity index (χ1) is 11.3. The molecule has 1 heteroatoms. The fraction of sp³-hybridized carbons (Fsp3) is 0.318. The highest BCUT2D eigenvalue weighted by Crippen LogP contribution is 2.41. The van der Waals surface area contributed by atoms with Crippen molar-refractivity contribution >= 4 is 0 Å². The molecule has 0 saturated heterocycles. The molecular formula is C22H23N. The molecule has 3 rings (SSSR count). The molecule has 2 aromatic rings. The summed E-state index contributed by atoms with van der Waals surface area (Å²) in [7, 11) is 0. The molecule has 0 spiro atoms. The molecule has 1 aliphatic rings. The van der Waals surface area contributed by atoms with Crippen molar-refractivity contribution in [3.05, 3.63) is 72.3 Å². The Hall–Kier alpha value is -2.33. The van der Waals surface area contributed by atoms with Gasteiger partial charge in [-0.05, 0) is 72.8 Å². The van der Waals surface area contributed by atoms with Gasteiger partial charge in [-0.25, -0.2) is 0 Å². The summed E-state index contributed by atoms with van der Waals surface area (Å²) < 4.78 is 0. The minimum absolute atomic E-state index is 0.569. The van der Waals surface area contributed by atoms with Crippen molar-refractivity contribution in [1.29, 1.82) is 5.26 Å². The Balaban J connectivity index is 1.91. The highest BCUT2D eigenvalue weighted by molar-refractivity contribution is 5.69. The fourth-order valence-corrected chi connectivity index (χ4v) is 3.80. The van der Waals surface area contributed by atoms with E-state index in [1.54, 1.807) is 0 Å². The molecule has 23 heavy (non-hydrogen) atoms. The van der Waals surface area contributed by atoms with Crippen LogP contribution in [0.2, 0.25) is 0 Å². The molecule has 0 amide bonds. The summed E-state index contributed by atoms with van der Waals surface area (Å²) >= 11 is 0. The minimum Gasteiger partial charge on any atom is -0.192 e. The summed E-state index contributed by atoms with van der Waals surface area (Å²) in [4.78, 5) is 0. The van der Waals surface area contributed by atoms with Crippen LogP contribution in [-0.4, -0.2) is 0 Å². The third-order valence-corrected chi connectivity index (χ3v) is 5.05. The quantitative estimate of drug-likeness (QED) is 0.628. The Bertz CT molecular complexity index is 700. The van der Waals surface area contributed by atoms with Crippen LogP contribution in [0.5, 0.6) is 0 Å². The van der Waals surface area contributed by atoms with E-state index in [1.165, 1.54) is 42.4 Å². The maximum atomic E-state index is 9.27. The number of benzene rings is 2. The number of nitrogens with zero attached hydrogens (tertiary/aromatic N) is 1. The normalized spacial score (nSPS) is 20.7. The van der Waals surface area contributed by atoms with Gasteiger partial charge in [0.25, 0.3) is 0 Å². The zero-order chi connectivity index (χ0) is 16.1. The Morgan fingerprint density at radius 3 is 2.43 bits per heavy atom. The number of hydrogen-bond acceptors (Lipinski definition) is 1. The number of allylic oxidation sites excluding steroid dienone is 1. The second kappa shape index (κ2) is 7.29. The molecule has 2 aromatic carbocycles. The lowest BCUT2D eigenvalue weighted by Gasteiger charge is -2.29. The van der Waals surface area contributed by atoms with E-state index in [2.05, 4.69) is 55.1 Å². The zero-order valence-electron chi connectivity index (χ0n) is 13.5. The van der Waals surface area contributed by atoms with Crippen molar-refractivity contribution in [2.45, 2.75) is 38.0 Å². The van der Waals surface area contributed by atoms with Crippen LogP contribution in [0.1, 0.15) is 49.1 Å². The van der Waals surface area contributed by atoms with E-state index in [1.807, 2.05) is 12.1 Å². The molecule has 0 radical (unpaired) electrons. The van der Waals surface area contributed by atoms with Crippen LogP contribution in [0.4, 0.5) is 0 Å². The first-order valence-electron chi connectivity index (χ1n) is 8.52. The van der Waals surface area contributed by atoms with Crippen LogP contribution in [0.15, 0.2) is 61.2 Å². The van der Waals surface area contributed by atoms with E-state index in [9.17, 15) is 5.26 Å². The summed E-state index contributed by atoms with van der Waals surface area (Å²) in [5.41, 5.74) is 4.66. The topological polar surface area (TPSA) is 23.8 Å². The standard InChI is InChI=1S/C22H23N/c1-2-6-17-9-12-20(13-10-17)22-15-18(16-23)11-14-21(22)19-7-4-3-5-8-19/h2-5,7-8,11,14-15,17,20H,1,6,9-10,12-13H2/t17-,20-. The van der Waals surface area contributed by atoms with Crippen LogP contribution in [0.25, 0.3) is 11.1 Å². The van der Waals surface area contributed by atoms with E-state index < -0.39 is 0 Å². The van der Waals surface area contributed by atoms with E-state index in [4.69, 9.17) is 0 Å². The minimum atomic E-state index is 0.569. The number of hydrogen-bond donors (Lipinski definition) is 0. The number of rotatable bonds is 4. The van der Waals surface area contributed by atoms with Crippen molar-refractivity contribution in [3.8, 4) is 17.2 Å². The largest absolute Gasteiger partial charge is 0.192 e. The van der Waals surface area contributed by atoms with Gasteiger partial charge in [0.2, 0.25) is 0 Å². The maximum absolute atomic E-state index is 9.27. The molecule has 0 N–H and O–H groups in total. The van der Waals surface area contributed by atoms with Gasteiger partial charge in [-0.3, -0.25) is 0 Å². The third kappa shape index (κ3) is 3.54. The van der Waals surface area contributed by atoms with Gasteiger partial charge in [0.15, 0.2) is 0 Å². The summed E-state index contributed by atoms with van der Waals surface area (Å²) in [5, 5.41) is 9.27. The predicted molar refractivity (Wildman–Crippen MR) is 96.1 cm³/mol. The van der Waals surface area contributed by atoms with Crippen LogP contribution < -0.4 is 0 Å². The second-order valence-corrected chi connectivity index (χ2v) is 6.52. The molecule has 0 heterocycles. The highest BCUT2D eigenvalue weighted by atomic mass is 14.3. The van der Waals surface area contributed by atoms with Crippen molar-refractivity contribution in [2.24, 2.45) is 5.92 Å². The van der Waals surface area contributed by atoms with E-state index >= 15 is 0 Å². The summed E-state index contributed by atoms with van der Waals surface area (Å²) in [6.45, 7) is 3.87. The van der Waals surface area contributed by atoms with Crippen molar-refractivity contribution in [3.63, 3.8) is 0 Å². The smallest absolute Gasteiger partial charge is 0.0991 e. The lowest BCUT2D eigenvalue weighted by atomic mass is 9.75. The molecule has 1 saturated carbocycles. The fourth-order valence-electron chi connectivity index (χ4n) is 3.80. The van der Waals surface area contributed by atoms with E-state index in [-0.39, 0.29) is 0 Å². The first-order valence-corrected chi connectivity index (χ1v) is 8.52. The van der Waals surface area contributed by atoms with Gasteiger partial charge in [0.1, 0.15) is 0 Å². The molecule has 1 aliphatic carbocycles. The summed E-state index contributed by atoms with van der Waals surface area (Å²) in [6.07, 6.45) is 8.15. The molecule has 0 aromatic heterocycles. The lowest BCUT2D eigenvalue weighted by molar-refractivity contribution is 0.329. The second-order valence-electron chi connectivity index (χ2n) is 6.52. The van der Waals surface area contributed by atoms with Gasteiger partial charge in [0.05, 0.1) is 11.6 Å². The highest BCUT2D eigenvalue weighted by Gasteiger charge is 2.24. The summed E-state index contributed by atoms with van der Waals surface area (Å²) in [6, 6.07) is 19.0. The van der Waals surface area contributed by atoms with Gasteiger partial charge >= 0.3 is 0 Å². The predicted octanol–water partition coefficient (Wildman–Crippen LogP) is 6.08. The zero-order valence-corrected chi connectivity index (χ0v) is 13.5. The van der Waals surface area contributed by atoms with E-state index in [0.717, 1.165) is 17.9 Å². The lowest BCUT2D eigenvalue weighted by Crippen LogP contribution is -2.13. The number of nitriles is 1. The van der Waals surface area contributed by atoms with Gasteiger partial charge in [-0.1, -0.05) is 42.5 Å². The molecule has 0 unspecified atom stereocenters. The van der Waals surface area contributed by atoms with Gasteiger partial charge in [-0.2, -0.15) is 5.26 Å². The van der Waals surface area contributed by atoms with Crippen LogP contribution in [0, 0.1) is 17.2 Å². The van der Waals surface area contributed by atoms with Crippen molar-refractivity contribution < 1.29 is 0 Å². The molecule has 0 atom stereocenters. The molecule has 1 nitrogen and oxygen atoms in total. The van der Waals surface area contributed by atoms with E-state index in [0.29, 0.717) is 5.92 Å². The Labute approximate surface area is 139 Å². The molecule has 1 fully saturated rings. The average Bonchev–Trinajstić information content (AvgIpc) is 2.63. The Morgan fingerprint density at radius 2 is 1.78 bits per heavy atom. The Kier molecular flexibility index (Phi) is 4.93. The van der Waals surface area contributed by atoms with Gasteiger partial charge in [0, 0.05) is 0 Å². The first kappa shape index (κ1) is 15.6. The third-order valence-electron chi connectivity index (χ3n) is 5.05. The SMILES string of the molecule is C=CC[C@H]1CC[C@H](c2cc(C#N)ccc2-c2ccccc2)CC1. The van der Waals surface area contributed by atoms with Crippen LogP contribution in [-0.2, 0) is 0 Å². The monoisotopic (exact) mass is 301 g/mol. The Morgan fingerprint density at radius 1 is 1.04 bits per heavy atom. The average molecular weight is 301 g/mol. The van der Waals surface area contributed by atoms with Gasteiger partial charge < -0.3 is 0 Å². The van der Waals surface area contributed by atoms with Crippen molar-refractivity contribution in [1.82, 2.24) is 0 Å². The van der Waals surface area contributed by atoms with Crippen LogP contribution >= 0.6 is 0 Å². The molecule has 116 valence electrons. The maximum Gasteiger partial charge on any atom is 0.0991 e. The summed E-state index contributed by atoms with van der Waals surface area (Å²) in [5.74, 6) is 1.36.